The van der Waals surface area contributed by atoms with E-state index < -0.39 is 5.91 Å². The zero-order valence-corrected chi connectivity index (χ0v) is 90.7. The fraction of sp³-hybridized carbons (Fsp3) is 0.525. The maximum absolute atomic E-state index is 11.5. The number of anilines is 7. The van der Waals surface area contributed by atoms with Gasteiger partial charge in [-0.1, -0.05) is 185 Å². The van der Waals surface area contributed by atoms with E-state index >= 15 is 0 Å². The molecule has 2 saturated carbocycles. The number of nitrogens with one attached hydrogen (secondary N) is 11. The molecule has 0 spiro atoms. The smallest absolute Gasteiger partial charge is 0.314 e. The number of likely N-dealkylation sites (tertiary alicyclic amines) is 1. The molecule has 8 heterocycles. The van der Waals surface area contributed by atoms with Gasteiger partial charge in [-0.3, -0.25) is 62.9 Å². The Bertz CT molecular complexity index is 5450. The Balaban J connectivity index is 0.000000415. The number of Topliss-reactive ketones (excluding diaryl/α,β-unsaturated/α-hetero) is 1. The fourth-order valence-corrected chi connectivity index (χ4v) is 13.2. The quantitative estimate of drug-likeness (QED) is 0.0217. The van der Waals surface area contributed by atoms with Gasteiger partial charge in [-0.25, -0.2) is 19.9 Å². The number of benzene rings is 2. The number of aryl methyl sites for hydroxylation is 1. The van der Waals surface area contributed by atoms with Gasteiger partial charge in [-0.2, -0.15) is 5.10 Å². The van der Waals surface area contributed by atoms with Gasteiger partial charge >= 0.3 is 12.0 Å². The first-order valence-corrected chi connectivity index (χ1v) is 50.0. The van der Waals surface area contributed by atoms with Gasteiger partial charge in [0.1, 0.15) is 44.4 Å². The van der Waals surface area contributed by atoms with Crippen molar-refractivity contribution in [1.29, 1.82) is 0 Å². The maximum atomic E-state index is 11.5. The maximum Gasteiger partial charge on any atom is 0.314 e. The fourth-order valence-electron chi connectivity index (χ4n) is 11.7. The molecule has 2 aliphatic carbocycles. The number of H-pyrrole nitrogens is 1. The number of nitrogens with two attached hydrogens (primary N) is 2. The van der Waals surface area contributed by atoms with Crippen LogP contribution in [-0.4, -0.2) is 179 Å². The standard InChI is InChI=1S/C12H14N2O2S.C12H17NO3.C11H12N2O3.C11H15NO2.C11H21NO.C10H19N3O2.C10H17NO2.C9H14N4O3.C8H12N2O3.C7H9ClN2OS/c1-7(2)11(15)14-12-13-9(6-17-12)10-5-4-8(3)16-10;1-8(2)12(14)13-9-5-10(15-3)7-11(6-9)16-4;1-7(2)11(14)12-10-6-8(13-16-10)9-4-3-5-15-9;1-8(2)11(13)12-9-5-4-6-10(7-9)14-3;1-8(2)11(13)12-10-6-4-9(3)5-7-10;1-7(2)9(14)12-8-3-5-13(6-4-8)10(11)15;1-7(2)10(13)11-8-3-5-9(12)6-4-8;1-4(2)8(15)11-7-5(6(10)14)9(16-3)13-12-7;1-5(2)8(11)9-6-4-7(12-3)13-10-6;1-4(2)6(11)10-7-9-3-5(8)12-7/h4-7H,1-3H3,(H,13,14,15);5-8H,1-4H3,(H,13,14);3-7H,1-2H3,(H,12,14);4-8H,1-3H3,(H,12,13);8-10H,4-7H2,1-3H3,(H,12,13);7-8H,3-6H2,1-2H3,(H2,11,15)(H,12,14);7-8H,3-6H2,1-2H3,(H,11,13);4H,1-3H3,(H2,10,14)(H2,11,12,13,15);4-5H,1-3H3,(H,9,10,11);3-4H,1-2H3,(H,9,10,11). The molecule has 0 bridgehead atoms. The molecule has 0 unspecified atom stereocenters. The second-order valence-electron chi connectivity index (χ2n) is 36.8. The van der Waals surface area contributed by atoms with Crippen LogP contribution in [0.15, 0.2) is 115 Å². The van der Waals surface area contributed by atoms with Crippen molar-refractivity contribution in [1.82, 2.24) is 51.3 Å². The molecule has 1 saturated heterocycles. The first-order valence-electron chi connectivity index (χ1n) is 47.9. The Kier molecular flexibility index (Phi) is 56.7. The van der Waals surface area contributed by atoms with Gasteiger partial charge in [0.05, 0.1) is 54.1 Å². The summed E-state index contributed by atoms with van der Waals surface area (Å²) in [5, 5.41) is 44.3. The van der Waals surface area contributed by atoms with Crippen LogP contribution in [0.3, 0.4) is 0 Å². The number of hydrogen-bond acceptors (Lipinski definition) is 29. The van der Waals surface area contributed by atoms with E-state index in [0.717, 1.165) is 60.3 Å². The van der Waals surface area contributed by atoms with Crippen LogP contribution in [0.2, 0.25) is 4.34 Å². The Morgan fingerprint density at radius 2 is 0.938 bits per heavy atom. The third-order valence-electron chi connectivity index (χ3n) is 20.9. The molecule has 7 aromatic heterocycles. The lowest BCUT2D eigenvalue weighted by Crippen LogP contribution is -2.48. The molecule has 15 N–H and O–H groups in total. The molecule has 12 rings (SSSR count). The molecule has 0 radical (unpaired) electrons. The summed E-state index contributed by atoms with van der Waals surface area (Å²) in [6, 6.07) is 23.5. The lowest BCUT2D eigenvalue weighted by Gasteiger charge is -2.31. The van der Waals surface area contributed by atoms with E-state index in [1.807, 2.05) is 140 Å². The number of carbonyl (C=O) groups is 13. The van der Waals surface area contributed by atoms with Gasteiger partial charge in [-0.15, -0.1) is 11.3 Å². The number of piperidine rings is 1. The van der Waals surface area contributed by atoms with Crippen molar-refractivity contribution in [2.75, 3.05) is 85.9 Å². The van der Waals surface area contributed by atoms with Crippen molar-refractivity contribution in [2.24, 2.45) is 76.6 Å². The normalized spacial score (nSPS) is 13.6. The van der Waals surface area contributed by atoms with Crippen LogP contribution in [0.1, 0.15) is 226 Å². The van der Waals surface area contributed by atoms with Gasteiger partial charge in [-0.05, 0) is 101 Å². The number of primary amides is 2. The molecule has 44 heteroatoms. The summed E-state index contributed by atoms with van der Waals surface area (Å²) in [5.41, 5.74) is 13.1. The van der Waals surface area contributed by atoms with Crippen LogP contribution in [-0.2, 0) is 52.7 Å². The lowest BCUT2D eigenvalue weighted by atomic mass is 9.87. The van der Waals surface area contributed by atoms with E-state index in [1.165, 1.54) is 74.8 Å². The molecule has 2 aromatic carbocycles. The second kappa shape index (κ2) is 65.5. The summed E-state index contributed by atoms with van der Waals surface area (Å²) in [4.78, 5) is 156. The Hall–Kier alpha value is -13.7. The third-order valence-corrected chi connectivity index (χ3v) is 22.7. The van der Waals surface area contributed by atoms with Crippen LogP contribution < -0.4 is 88.3 Å². The average Bonchev–Trinajstić information content (AvgIpc) is 1.67. The Morgan fingerprint density at radius 1 is 0.469 bits per heavy atom. The highest BCUT2D eigenvalue weighted by molar-refractivity contribution is 7.19. The Labute approximate surface area is 862 Å². The summed E-state index contributed by atoms with van der Waals surface area (Å²) < 4.78 is 45.7. The molecule has 9 aromatic rings. The van der Waals surface area contributed by atoms with Crippen LogP contribution in [0, 0.1) is 72.0 Å². The van der Waals surface area contributed by atoms with E-state index in [9.17, 15) is 62.3 Å². The Morgan fingerprint density at radius 3 is 1.38 bits per heavy atom. The van der Waals surface area contributed by atoms with Crippen molar-refractivity contribution in [3.05, 3.63) is 112 Å². The van der Waals surface area contributed by atoms with Crippen molar-refractivity contribution < 1.29 is 104 Å². The zero-order valence-electron chi connectivity index (χ0n) is 88.3. The monoisotopic (exact) mass is 2080 g/mol. The van der Waals surface area contributed by atoms with Crippen molar-refractivity contribution in [3.8, 4) is 52.0 Å². The predicted molar refractivity (Wildman–Crippen MR) is 561 cm³/mol. The van der Waals surface area contributed by atoms with E-state index in [4.69, 9.17) is 64.6 Å². The van der Waals surface area contributed by atoms with Gasteiger partial charge in [0, 0.05) is 150 Å². The highest BCUT2D eigenvalue weighted by atomic mass is 35.5. The van der Waals surface area contributed by atoms with E-state index in [-0.39, 0.29) is 160 Å². The summed E-state index contributed by atoms with van der Waals surface area (Å²) >= 11 is 8.28. The van der Waals surface area contributed by atoms with Crippen molar-refractivity contribution in [2.45, 2.75) is 235 Å². The van der Waals surface area contributed by atoms with Gasteiger partial charge in [0.15, 0.2) is 39.1 Å². The number of hydrogen-bond donors (Lipinski definition) is 13. The number of furan rings is 2. The first-order chi connectivity index (χ1) is 68.3. The van der Waals surface area contributed by atoms with Crippen LogP contribution in [0.25, 0.3) is 22.9 Å². The summed E-state index contributed by atoms with van der Waals surface area (Å²) in [5.74, 6) is 5.33. The summed E-state index contributed by atoms with van der Waals surface area (Å²) in [7, 11) is 7.58. The second-order valence-corrected chi connectivity index (χ2v) is 39.3. The van der Waals surface area contributed by atoms with Gasteiger partial charge in [0.2, 0.25) is 70.8 Å². The molecule has 1 aliphatic heterocycles. The summed E-state index contributed by atoms with van der Waals surface area (Å²) in [6.45, 7) is 42.2. The minimum atomic E-state index is -0.718. The van der Waals surface area contributed by atoms with Crippen LogP contribution in [0.4, 0.5) is 44.0 Å². The summed E-state index contributed by atoms with van der Waals surface area (Å²) in [6.07, 6.45) is 12.4. The number of aromatic nitrogens is 6. The molecule has 3 aliphatic rings. The molecule has 145 heavy (non-hydrogen) atoms. The number of thiazole rings is 2. The number of amides is 13. The SMILES string of the molecule is CC(C)C(=O)NC1CCC(=O)CC1.CC(C)C(=O)NC1CCN(C(N)=O)CC1.CC(C)C(=O)Nc1cc(-c2ccco2)no1.CC(C)C(=O)Nc1ncc(Cl)s1.CC1CCC(NC(=O)C(C)C)CC1.COc1[nH]nc(NC(=O)C(C)C)c1C(N)=O.COc1cc(NC(=O)C(C)C)cc(OC)c1.COc1cc(NC(=O)C(C)C)no1.COc1cccc(NC(=O)C(C)C)c1.Cc1ccc(-c2csc(NC(=O)C(C)C)n2)o1. The molecule has 13 amide bonds. The lowest BCUT2D eigenvalue weighted by molar-refractivity contribution is -0.126. The molecular weight excluding hydrogens is 1930 g/mol. The van der Waals surface area contributed by atoms with Gasteiger partial charge in [0.25, 0.3) is 5.91 Å². The number of ether oxygens (including phenoxy) is 5. The molecule has 3 fully saturated rings. The number of aromatic amines is 1. The van der Waals surface area contributed by atoms with Crippen LogP contribution in [0.5, 0.6) is 29.1 Å². The number of urea groups is 1. The first kappa shape index (κ1) is 125. The molecule has 0 atom stereocenters. The highest BCUT2D eigenvalue weighted by Gasteiger charge is 2.28. The van der Waals surface area contributed by atoms with Crippen molar-refractivity contribution in [3.63, 3.8) is 0 Å². The topological polar surface area (TPSA) is 576 Å². The van der Waals surface area contributed by atoms with Crippen LogP contribution >= 0.6 is 34.3 Å². The molecular formula is C101H150ClN19O22S2. The number of rotatable bonds is 28. The van der Waals surface area contributed by atoms with Crippen molar-refractivity contribution >= 4 is 150 Å². The third kappa shape index (κ3) is 49.0. The minimum Gasteiger partial charge on any atom is -0.497 e. The van der Waals surface area contributed by atoms with E-state index in [1.54, 1.807) is 116 Å². The number of ketones is 1. The number of methoxy groups -OCH3 is 5. The number of nitrogens with zero attached hydrogens (tertiary/aromatic N) is 6. The largest absolute Gasteiger partial charge is 0.497 e. The average molecular weight is 2080 g/mol. The molecule has 41 nitrogen and oxygen atoms in total. The predicted octanol–water partition coefficient (Wildman–Crippen LogP) is 18.1. The number of halogens is 1. The zero-order chi connectivity index (χ0) is 109. The van der Waals surface area contributed by atoms with E-state index in [0.29, 0.717) is 92.7 Å². The number of carbonyl (C=O) groups excluding carboxylic acids is 13. The van der Waals surface area contributed by atoms with E-state index in [2.05, 4.69) is 90.6 Å². The van der Waals surface area contributed by atoms with Gasteiger partial charge < -0.3 is 106 Å². The molecule has 800 valence electrons. The minimum absolute atomic E-state index is 0.0123. The highest BCUT2D eigenvalue weighted by Crippen LogP contribution is 2.31.